The molecule has 1 aromatic carbocycles. The molecule has 7 nitrogen and oxygen atoms in total. The first-order valence-corrected chi connectivity index (χ1v) is 10.4. The van der Waals surface area contributed by atoms with Crippen LogP contribution in [0.1, 0.15) is 22.4 Å². The highest BCUT2D eigenvalue weighted by atomic mass is 15.3. The van der Waals surface area contributed by atoms with Gasteiger partial charge in [0.1, 0.15) is 5.69 Å². The standard InChI is InChI=1S/C25H23N7/c1-31(2)22-6-4-19-16-32(17-20(19)15-22)25-28-14-10-23(30-25)24-27-13-9-21(29-24)5-3-18-7-11-26-12-8-18/h3-15H,16-17H2,1-2H3/b5-3+. The summed E-state index contributed by atoms with van der Waals surface area (Å²) >= 11 is 0. The maximum absolute atomic E-state index is 4.77. The van der Waals surface area contributed by atoms with Crippen LogP contribution < -0.4 is 9.80 Å². The molecule has 4 heterocycles. The highest BCUT2D eigenvalue weighted by Crippen LogP contribution is 2.29. The number of hydrogen-bond acceptors (Lipinski definition) is 7. The highest BCUT2D eigenvalue weighted by molar-refractivity contribution is 5.68. The Morgan fingerprint density at radius 2 is 1.62 bits per heavy atom. The van der Waals surface area contributed by atoms with Crippen molar-refractivity contribution in [2.45, 2.75) is 13.1 Å². The fourth-order valence-corrected chi connectivity index (χ4v) is 3.67. The molecule has 0 radical (unpaired) electrons. The molecule has 5 rings (SSSR count). The average molecular weight is 422 g/mol. The third-order valence-electron chi connectivity index (χ3n) is 5.41. The third kappa shape index (κ3) is 4.18. The number of fused-ring (bicyclic) bond motifs is 1. The Hall–Kier alpha value is -4.13. The zero-order valence-corrected chi connectivity index (χ0v) is 18.1. The van der Waals surface area contributed by atoms with Crippen LogP contribution in [0.4, 0.5) is 11.6 Å². The lowest BCUT2D eigenvalue weighted by Gasteiger charge is -2.15. The summed E-state index contributed by atoms with van der Waals surface area (Å²) < 4.78 is 0. The first-order valence-electron chi connectivity index (χ1n) is 10.4. The van der Waals surface area contributed by atoms with Crippen molar-refractivity contribution < 1.29 is 0 Å². The van der Waals surface area contributed by atoms with E-state index in [1.165, 1.54) is 16.8 Å². The molecule has 0 saturated heterocycles. The molecule has 0 fully saturated rings. The van der Waals surface area contributed by atoms with Crippen molar-refractivity contribution in [3.05, 3.63) is 89.6 Å². The predicted molar refractivity (Wildman–Crippen MR) is 127 cm³/mol. The first kappa shape index (κ1) is 19.8. The normalized spacial score (nSPS) is 12.9. The van der Waals surface area contributed by atoms with Crippen LogP contribution in [0, 0.1) is 0 Å². The lowest BCUT2D eigenvalue weighted by molar-refractivity contribution is 0.828. The first-order chi connectivity index (χ1) is 15.7. The molecule has 158 valence electrons. The molecule has 1 aliphatic rings. The van der Waals surface area contributed by atoms with E-state index in [4.69, 9.17) is 4.98 Å². The van der Waals surface area contributed by atoms with Crippen molar-refractivity contribution in [3.8, 4) is 11.5 Å². The lowest BCUT2D eigenvalue weighted by Crippen LogP contribution is -2.17. The monoisotopic (exact) mass is 421 g/mol. The Bertz CT molecular complexity index is 1270. The van der Waals surface area contributed by atoms with Crippen molar-refractivity contribution in [1.29, 1.82) is 0 Å². The maximum Gasteiger partial charge on any atom is 0.226 e. The molecule has 0 atom stereocenters. The average Bonchev–Trinajstić information content (AvgIpc) is 3.27. The summed E-state index contributed by atoms with van der Waals surface area (Å²) in [7, 11) is 4.11. The van der Waals surface area contributed by atoms with Crippen molar-refractivity contribution in [2.75, 3.05) is 23.9 Å². The second-order valence-electron chi connectivity index (χ2n) is 7.86. The van der Waals surface area contributed by atoms with E-state index in [9.17, 15) is 0 Å². The number of anilines is 2. The molecule has 1 aliphatic heterocycles. The molecule has 0 unspecified atom stereocenters. The molecule has 7 heteroatoms. The van der Waals surface area contributed by atoms with E-state index < -0.39 is 0 Å². The Balaban J connectivity index is 1.37. The molecule has 0 amide bonds. The second kappa shape index (κ2) is 8.55. The van der Waals surface area contributed by atoms with Gasteiger partial charge in [-0.05, 0) is 59.2 Å². The van der Waals surface area contributed by atoms with Gasteiger partial charge in [-0.1, -0.05) is 12.1 Å². The van der Waals surface area contributed by atoms with Gasteiger partial charge in [-0.15, -0.1) is 0 Å². The number of rotatable bonds is 5. The van der Waals surface area contributed by atoms with Crippen LogP contribution >= 0.6 is 0 Å². The van der Waals surface area contributed by atoms with E-state index in [1.54, 1.807) is 24.8 Å². The van der Waals surface area contributed by atoms with Crippen molar-refractivity contribution >= 4 is 23.8 Å². The second-order valence-corrected chi connectivity index (χ2v) is 7.86. The summed E-state index contributed by atoms with van der Waals surface area (Å²) in [6.07, 6.45) is 11.0. The maximum atomic E-state index is 4.77. The minimum absolute atomic E-state index is 0.581. The van der Waals surface area contributed by atoms with Gasteiger partial charge in [-0.25, -0.2) is 19.9 Å². The Labute approximate surface area is 187 Å². The SMILES string of the molecule is CN(C)c1ccc2c(c1)CN(c1nccc(-c3nccc(/C=C/c4ccncc4)n3)n1)C2. The summed E-state index contributed by atoms with van der Waals surface area (Å²) in [5.41, 5.74) is 6.41. The zero-order valence-electron chi connectivity index (χ0n) is 18.1. The Kier molecular flexibility index (Phi) is 5.29. The van der Waals surface area contributed by atoms with Gasteiger partial charge in [0.2, 0.25) is 5.95 Å². The van der Waals surface area contributed by atoms with Crippen LogP contribution in [0.2, 0.25) is 0 Å². The molecule has 4 aromatic rings. The molecule has 0 spiro atoms. The van der Waals surface area contributed by atoms with Crippen molar-refractivity contribution in [2.24, 2.45) is 0 Å². The summed E-state index contributed by atoms with van der Waals surface area (Å²) in [5, 5.41) is 0. The largest absolute Gasteiger partial charge is 0.378 e. The smallest absolute Gasteiger partial charge is 0.226 e. The van der Waals surface area contributed by atoms with E-state index in [-0.39, 0.29) is 0 Å². The van der Waals surface area contributed by atoms with Gasteiger partial charge in [0.15, 0.2) is 5.82 Å². The minimum atomic E-state index is 0.581. The molecular weight excluding hydrogens is 398 g/mol. The highest BCUT2D eigenvalue weighted by Gasteiger charge is 2.22. The summed E-state index contributed by atoms with van der Waals surface area (Å²) in [4.78, 5) is 26.7. The molecule has 0 bridgehead atoms. The molecule has 32 heavy (non-hydrogen) atoms. The predicted octanol–water partition coefficient (Wildman–Crippen LogP) is 4.09. The van der Waals surface area contributed by atoms with E-state index in [1.807, 2.05) is 36.4 Å². The van der Waals surface area contributed by atoms with Crippen LogP contribution in [-0.4, -0.2) is 39.0 Å². The Morgan fingerprint density at radius 3 is 2.47 bits per heavy atom. The van der Waals surface area contributed by atoms with Gasteiger partial charge in [-0.2, -0.15) is 0 Å². The van der Waals surface area contributed by atoms with Crippen molar-refractivity contribution in [1.82, 2.24) is 24.9 Å². The molecular formula is C25H23N7. The van der Waals surface area contributed by atoms with Gasteiger partial charge in [0.25, 0.3) is 0 Å². The van der Waals surface area contributed by atoms with Crippen LogP contribution in [0.15, 0.2) is 67.3 Å². The Morgan fingerprint density at radius 1 is 0.812 bits per heavy atom. The van der Waals surface area contributed by atoms with Gasteiger partial charge in [-0.3, -0.25) is 4.98 Å². The van der Waals surface area contributed by atoms with E-state index in [0.29, 0.717) is 17.5 Å². The molecule has 0 N–H and O–H groups in total. The number of benzene rings is 1. The van der Waals surface area contributed by atoms with Crippen LogP contribution in [0.5, 0.6) is 0 Å². The minimum Gasteiger partial charge on any atom is -0.378 e. The number of aromatic nitrogens is 5. The van der Waals surface area contributed by atoms with Gasteiger partial charge in [0.05, 0.1) is 5.69 Å². The summed E-state index contributed by atoms with van der Waals surface area (Å²) in [6.45, 7) is 1.58. The molecule has 0 saturated carbocycles. The lowest BCUT2D eigenvalue weighted by atomic mass is 10.1. The van der Waals surface area contributed by atoms with Crippen LogP contribution in [0.3, 0.4) is 0 Å². The summed E-state index contributed by atoms with van der Waals surface area (Å²) in [5.74, 6) is 1.27. The fraction of sp³-hybridized carbons (Fsp3) is 0.160. The number of nitrogens with zero attached hydrogens (tertiary/aromatic N) is 7. The van der Waals surface area contributed by atoms with Crippen LogP contribution in [-0.2, 0) is 13.1 Å². The van der Waals surface area contributed by atoms with E-state index in [2.05, 4.69) is 62.0 Å². The van der Waals surface area contributed by atoms with Crippen molar-refractivity contribution in [3.63, 3.8) is 0 Å². The third-order valence-corrected chi connectivity index (χ3v) is 5.41. The topological polar surface area (TPSA) is 70.9 Å². The van der Waals surface area contributed by atoms with Gasteiger partial charge >= 0.3 is 0 Å². The fourth-order valence-electron chi connectivity index (χ4n) is 3.67. The molecule has 0 aliphatic carbocycles. The van der Waals surface area contributed by atoms with E-state index >= 15 is 0 Å². The number of hydrogen-bond donors (Lipinski definition) is 0. The zero-order chi connectivity index (χ0) is 21.9. The summed E-state index contributed by atoms with van der Waals surface area (Å²) in [6, 6.07) is 14.2. The number of pyridine rings is 1. The van der Waals surface area contributed by atoms with Gasteiger partial charge < -0.3 is 9.80 Å². The quantitative estimate of drug-likeness (QED) is 0.481. The van der Waals surface area contributed by atoms with Gasteiger partial charge in [0, 0.05) is 57.7 Å². The van der Waals surface area contributed by atoms with E-state index in [0.717, 1.165) is 24.3 Å². The molecule has 3 aromatic heterocycles. The van der Waals surface area contributed by atoms with Crippen LogP contribution in [0.25, 0.3) is 23.7 Å².